The summed E-state index contributed by atoms with van der Waals surface area (Å²) in [6.07, 6.45) is 1.55. The van der Waals surface area contributed by atoms with Gasteiger partial charge in [0.05, 0.1) is 6.10 Å². The van der Waals surface area contributed by atoms with Crippen LogP contribution in [0.5, 0.6) is 0 Å². The number of nitrogens with zero attached hydrogens (tertiary/aromatic N) is 1. The number of nitrogens with one attached hydrogen (secondary N) is 1. The van der Waals surface area contributed by atoms with Crippen molar-refractivity contribution in [3.63, 3.8) is 0 Å². The molecular weight excluding hydrogens is 256 g/mol. The van der Waals surface area contributed by atoms with Crippen molar-refractivity contribution in [2.75, 3.05) is 12.4 Å². The van der Waals surface area contributed by atoms with E-state index in [1.165, 1.54) is 18.3 Å². The molecule has 1 saturated carbocycles. The molecule has 1 heterocycles. The molecule has 0 atom stereocenters. The van der Waals surface area contributed by atoms with Gasteiger partial charge in [0, 0.05) is 32.3 Å². The van der Waals surface area contributed by atoms with Gasteiger partial charge in [0.25, 0.3) is 0 Å². The maximum atomic E-state index is 11.7. The number of ether oxygens (including phenoxy) is 2. The molecule has 6 nitrogen and oxygen atoms in total. The number of rotatable bonds is 4. The van der Waals surface area contributed by atoms with Gasteiger partial charge in [-0.3, -0.25) is 4.79 Å². The fourth-order valence-corrected chi connectivity index (χ4v) is 2.32. The lowest BCUT2D eigenvalue weighted by Gasteiger charge is -2.33. The second-order valence-corrected chi connectivity index (χ2v) is 4.93. The zero-order chi connectivity index (χ0) is 13.1. The van der Waals surface area contributed by atoms with Crippen LogP contribution in [0, 0.1) is 0 Å². The summed E-state index contributed by atoms with van der Waals surface area (Å²) in [6, 6.07) is 0. The smallest absolute Gasteiger partial charge is 0.358 e. The Morgan fingerprint density at radius 3 is 2.78 bits per heavy atom. The molecule has 1 amide bonds. The number of carbonyl (C=O) groups excluding carboxylic acids is 2. The lowest BCUT2D eigenvalue weighted by atomic mass is 9.92. The van der Waals surface area contributed by atoms with Gasteiger partial charge in [-0.2, -0.15) is 0 Å². The van der Waals surface area contributed by atoms with Gasteiger partial charge >= 0.3 is 5.97 Å². The second-order valence-electron chi connectivity index (χ2n) is 4.08. The molecule has 0 unspecified atom stereocenters. The summed E-state index contributed by atoms with van der Waals surface area (Å²) < 4.78 is 10.3. The average molecular weight is 270 g/mol. The normalized spacial score (nSPS) is 22.1. The van der Waals surface area contributed by atoms with Crippen LogP contribution >= 0.6 is 11.3 Å². The van der Waals surface area contributed by atoms with Crippen molar-refractivity contribution >= 4 is 28.3 Å². The third-order valence-electron chi connectivity index (χ3n) is 2.65. The first-order chi connectivity index (χ1) is 8.58. The zero-order valence-electron chi connectivity index (χ0n) is 10.1. The van der Waals surface area contributed by atoms with E-state index < -0.39 is 5.97 Å². The summed E-state index contributed by atoms with van der Waals surface area (Å²) in [7, 11) is 1.64. The number of hydrogen-bond acceptors (Lipinski definition) is 6. The van der Waals surface area contributed by atoms with Gasteiger partial charge in [-0.05, 0) is 0 Å². The number of aromatic nitrogens is 1. The molecule has 2 rings (SSSR count). The van der Waals surface area contributed by atoms with Crippen molar-refractivity contribution in [3.8, 4) is 0 Å². The zero-order valence-corrected chi connectivity index (χ0v) is 11.0. The summed E-state index contributed by atoms with van der Waals surface area (Å²) in [5.41, 5.74) is 0.226. The first-order valence-corrected chi connectivity index (χ1v) is 6.43. The quantitative estimate of drug-likeness (QED) is 0.837. The summed E-state index contributed by atoms with van der Waals surface area (Å²) >= 11 is 1.20. The number of thiazole rings is 1. The maximum absolute atomic E-state index is 11.7. The van der Waals surface area contributed by atoms with Gasteiger partial charge < -0.3 is 14.8 Å². The predicted molar refractivity (Wildman–Crippen MR) is 65.7 cm³/mol. The molecular formula is C11H14N2O4S. The first-order valence-electron chi connectivity index (χ1n) is 5.55. The minimum absolute atomic E-state index is 0.0895. The highest BCUT2D eigenvalue weighted by molar-refractivity contribution is 7.14. The van der Waals surface area contributed by atoms with Crippen LogP contribution in [0.25, 0.3) is 0 Å². The molecule has 0 spiro atoms. The largest absolute Gasteiger partial charge is 0.457 e. The minimum atomic E-state index is -0.456. The molecule has 18 heavy (non-hydrogen) atoms. The number of hydrogen-bond donors (Lipinski definition) is 1. The Labute approximate surface area is 108 Å². The number of amides is 1. The molecule has 7 heteroatoms. The molecule has 0 radical (unpaired) electrons. The van der Waals surface area contributed by atoms with Gasteiger partial charge in [-0.1, -0.05) is 0 Å². The Morgan fingerprint density at radius 1 is 1.44 bits per heavy atom. The lowest BCUT2D eigenvalue weighted by molar-refractivity contribution is -0.114. The van der Waals surface area contributed by atoms with Crippen LogP contribution < -0.4 is 5.32 Å². The standard InChI is InChI=1S/C11H14N2O4S/c1-6(14)12-11-13-9(5-18-11)10(15)17-8-3-7(4-8)16-2/h5,7-8H,3-4H2,1-2H3,(H,12,13,14). The highest BCUT2D eigenvalue weighted by atomic mass is 32.1. The van der Waals surface area contributed by atoms with Crippen molar-refractivity contribution < 1.29 is 19.1 Å². The second kappa shape index (κ2) is 5.45. The van der Waals surface area contributed by atoms with Gasteiger partial charge in [0.15, 0.2) is 10.8 Å². The van der Waals surface area contributed by atoms with E-state index in [1.807, 2.05) is 0 Å². The molecule has 1 N–H and O–H groups in total. The van der Waals surface area contributed by atoms with Crippen LogP contribution in [0.4, 0.5) is 5.13 Å². The summed E-state index contributed by atoms with van der Waals surface area (Å²) in [5.74, 6) is -0.673. The third kappa shape index (κ3) is 3.05. The number of esters is 1. The topological polar surface area (TPSA) is 77.5 Å². The van der Waals surface area contributed by atoms with Crippen molar-refractivity contribution in [1.82, 2.24) is 4.98 Å². The van der Waals surface area contributed by atoms with Crippen LogP contribution in [0.15, 0.2) is 5.38 Å². The molecule has 98 valence electrons. The fraction of sp³-hybridized carbons (Fsp3) is 0.545. The van der Waals surface area contributed by atoms with E-state index >= 15 is 0 Å². The summed E-state index contributed by atoms with van der Waals surface area (Å²) in [5, 5.41) is 4.49. The molecule has 1 aliphatic carbocycles. The molecule has 1 aliphatic rings. The number of carbonyl (C=O) groups is 2. The predicted octanol–water partition coefficient (Wildman–Crippen LogP) is 1.44. The lowest BCUT2D eigenvalue weighted by Crippen LogP contribution is -2.38. The van der Waals surface area contributed by atoms with Crippen LogP contribution in [0.3, 0.4) is 0 Å². The number of anilines is 1. The molecule has 0 aromatic carbocycles. The SMILES string of the molecule is COC1CC(OC(=O)c2csc(NC(C)=O)n2)C1. The molecule has 1 aromatic heterocycles. The van der Waals surface area contributed by atoms with Crippen LogP contribution in [0.2, 0.25) is 0 Å². The van der Waals surface area contributed by atoms with E-state index in [0.717, 1.165) is 12.8 Å². The van der Waals surface area contributed by atoms with Crippen molar-refractivity contribution in [2.45, 2.75) is 32.0 Å². The first kappa shape index (κ1) is 13.0. The van der Waals surface area contributed by atoms with Crippen LogP contribution in [-0.2, 0) is 14.3 Å². The van der Waals surface area contributed by atoms with Gasteiger partial charge in [-0.25, -0.2) is 9.78 Å². The average Bonchev–Trinajstić information content (AvgIpc) is 2.69. The molecule has 0 saturated heterocycles. The maximum Gasteiger partial charge on any atom is 0.358 e. The van der Waals surface area contributed by atoms with E-state index in [-0.39, 0.29) is 23.8 Å². The van der Waals surface area contributed by atoms with E-state index in [2.05, 4.69) is 10.3 Å². The highest BCUT2D eigenvalue weighted by Crippen LogP contribution is 2.27. The molecule has 0 aliphatic heterocycles. The van der Waals surface area contributed by atoms with Gasteiger partial charge in [0.1, 0.15) is 6.10 Å². The van der Waals surface area contributed by atoms with E-state index in [4.69, 9.17) is 9.47 Å². The Balaban J connectivity index is 1.85. The monoisotopic (exact) mass is 270 g/mol. The van der Waals surface area contributed by atoms with Crippen LogP contribution in [0.1, 0.15) is 30.3 Å². The van der Waals surface area contributed by atoms with Gasteiger partial charge in [-0.15, -0.1) is 11.3 Å². The third-order valence-corrected chi connectivity index (χ3v) is 3.41. The van der Waals surface area contributed by atoms with Crippen molar-refractivity contribution in [1.29, 1.82) is 0 Å². The molecule has 1 fully saturated rings. The molecule has 0 bridgehead atoms. The van der Waals surface area contributed by atoms with Gasteiger partial charge in [0.2, 0.25) is 5.91 Å². The van der Waals surface area contributed by atoms with Crippen molar-refractivity contribution in [2.24, 2.45) is 0 Å². The Hall–Kier alpha value is -1.47. The van der Waals surface area contributed by atoms with E-state index in [1.54, 1.807) is 12.5 Å². The van der Waals surface area contributed by atoms with E-state index in [0.29, 0.717) is 5.13 Å². The highest BCUT2D eigenvalue weighted by Gasteiger charge is 2.32. The summed E-state index contributed by atoms with van der Waals surface area (Å²) in [6.45, 7) is 1.39. The van der Waals surface area contributed by atoms with Crippen molar-refractivity contribution in [3.05, 3.63) is 11.1 Å². The Bertz CT molecular complexity index is 454. The van der Waals surface area contributed by atoms with Crippen LogP contribution in [-0.4, -0.2) is 36.2 Å². The Morgan fingerprint density at radius 2 is 2.17 bits per heavy atom. The fourth-order valence-electron chi connectivity index (χ4n) is 1.59. The minimum Gasteiger partial charge on any atom is -0.457 e. The molecule has 1 aromatic rings. The number of methoxy groups -OCH3 is 1. The summed E-state index contributed by atoms with van der Waals surface area (Å²) in [4.78, 5) is 26.5. The Kier molecular flexibility index (Phi) is 3.93. The van der Waals surface area contributed by atoms with E-state index in [9.17, 15) is 9.59 Å².